The highest BCUT2D eigenvalue weighted by atomic mass is 19.1. The van der Waals surface area contributed by atoms with E-state index in [-0.39, 0.29) is 0 Å². The fraction of sp³-hybridized carbons (Fsp3) is 0. The van der Waals surface area contributed by atoms with Crippen LogP contribution in [0.25, 0.3) is 5.82 Å². The Morgan fingerprint density at radius 1 is 0.967 bits per heavy atom. The van der Waals surface area contributed by atoms with E-state index in [0.29, 0.717) is 23.1 Å². The van der Waals surface area contributed by atoms with E-state index in [0.717, 1.165) is 12.1 Å². The molecule has 0 aliphatic rings. The van der Waals surface area contributed by atoms with Crippen molar-refractivity contribution in [2.24, 2.45) is 0 Å². The second-order valence-corrected chi connectivity index (χ2v) is 5.97. The van der Waals surface area contributed by atoms with Gasteiger partial charge in [0.1, 0.15) is 29.4 Å². The van der Waals surface area contributed by atoms with E-state index >= 15 is 0 Å². The molecule has 30 heavy (non-hydrogen) atoms. The molecule has 0 fully saturated rings. The van der Waals surface area contributed by atoms with Gasteiger partial charge in [-0.1, -0.05) is 6.07 Å². The highest BCUT2D eigenvalue weighted by Gasteiger charge is 2.12. The zero-order chi connectivity index (χ0) is 20.9. The van der Waals surface area contributed by atoms with Crippen LogP contribution in [0.5, 0.6) is 11.6 Å². The number of halogens is 2. The molecule has 0 unspecified atom stereocenters. The molecule has 8 nitrogen and oxygen atoms in total. The summed E-state index contributed by atoms with van der Waals surface area (Å²) in [6.45, 7) is 0. The average molecular weight is 408 g/mol. The molecule has 2 aromatic carbocycles. The largest absolute Gasteiger partial charge is 0.439 e. The standard InChI is InChI=1S/C20H14F2N6O2/c21-15-3-1-4-16(22)19(15)27-20(29)26-13-5-7-14(8-6-13)30-18-11-17(23-12-24-18)28-10-2-9-25-28/h1-12H,(H2,26,27,29). The number of anilines is 2. The van der Waals surface area contributed by atoms with Crippen molar-refractivity contribution >= 4 is 17.4 Å². The summed E-state index contributed by atoms with van der Waals surface area (Å²) in [5.74, 6) is -0.419. The second-order valence-electron chi connectivity index (χ2n) is 5.97. The third-order valence-corrected chi connectivity index (χ3v) is 3.90. The molecule has 4 aromatic rings. The van der Waals surface area contributed by atoms with Crippen molar-refractivity contribution in [3.8, 4) is 17.4 Å². The number of amides is 2. The third kappa shape index (κ3) is 4.38. The zero-order valence-corrected chi connectivity index (χ0v) is 15.3. The maximum atomic E-state index is 13.6. The zero-order valence-electron chi connectivity index (χ0n) is 15.3. The third-order valence-electron chi connectivity index (χ3n) is 3.90. The molecular formula is C20H14F2N6O2. The number of nitrogens with one attached hydrogen (secondary N) is 2. The van der Waals surface area contributed by atoms with Gasteiger partial charge in [0.25, 0.3) is 0 Å². The van der Waals surface area contributed by atoms with E-state index in [1.165, 1.54) is 12.4 Å². The van der Waals surface area contributed by atoms with Crippen LogP contribution in [0.2, 0.25) is 0 Å². The molecule has 2 N–H and O–H groups in total. The average Bonchev–Trinajstić information content (AvgIpc) is 3.28. The summed E-state index contributed by atoms with van der Waals surface area (Å²) in [6, 6.07) is 12.3. The summed E-state index contributed by atoms with van der Waals surface area (Å²) in [5.41, 5.74) is -0.122. The minimum Gasteiger partial charge on any atom is -0.439 e. The molecule has 0 bridgehead atoms. The number of benzene rings is 2. The Balaban J connectivity index is 1.40. The van der Waals surface area contributed by atoms with Crippen LogP contribution in [-0.2, 0) is 0 Å². The minimum absolute atomic E-state index is 0.309. The predicted molar refractivity (Wildman–Crippen MR) is 105 cm³/mol. The Kier molecular flexibility index (Phi) is 5.29. The molecule has 10 heteroatoms. The number of aromatic nitrogens is 4. The SMILES string of the molecule is O=C(Nc1ccc(Oc2cc(-n3cccn3)ncn2)cc1)Nc1c(F)cccc1F. The van der Waals surface area contributed by atoms with Crippen LogP contribution in [0.4, 0.5) is 25.0 Å². The van der Waals surface area contributed by atoms with Gasteiger partial charge in [0.15, 0.2) is 5.82 Å². The molecule has 0 aliphatic carbocycles. The topological polar surface area (TPSA) is 94.0 Å². The van der Waals surface area contributed by atoms with E-state index in [1.54, 1.807) is 53.5 Å². The Labute approximate surface area is 169 Å². The van der Waals surface area contributed by atoms with Crippen molar-refractivity contribution in [1.82, 2.24) is 19.7 Å². The lowest BCUT2D eigenvalue weighted by Crippen LogP contribution is -2.20. The number of carbonyl (C=O) groups is 1. The molecule has 0 saturated heterocycles. The van der Waals surface area contributed by atoms with E-state index in [9.17, 15) is 13.6 Å². The van der Waals surface area contributed by atoms with Gasteiger partial charge in [-0.15, -0.1) is 0 Å². The maximum absolute atomic E-state index is 13.6. The van der Waals surface area contributed by atoms with Crippen LogP contribution in [0.1, 0.15) is 0 Å². The lowest BCUT2D eigenvalue weighted by molar-refractivity contribution is 0.262. The van der Waals surface area contributed by atoms with Crippen molar-refractivity contribution in [2.45, 2.75) is 0 Å². The summed E-state index contributed by atoms with van der Waals surface area (Å²) in [6.07, 6.45) is 4.73. The first-order valence-corrected chi connectivity index (χ1v) is 8.70. The number of nitrogens with zero attached hydrogens (tertiary/aromatic N) is 4. The fourth-order valence-corrected chi connectivity index (χ4v) is 2.54. The summed E-state index contributed by atoms with van der Waals surface area (Å²) in [7, 11) is 0. The summed E-state index contributed by atoms with van der Waals surface area (Å²) < 4.78 is 34.5. The summed E-state index contributed by atoms with van der Waals surface area (Å²) in [4.78, 5) is 20.2. The molecule has 4 rings (SSSR count). The van der Waals surface area contributed by atoms with Gasteiger partial charge in [0.2, 0.25) is 5.88 Å². The highest BCUT2D eigenvalue weighted by molar-refractivity contribution is 5.99. The highest BCUT2D eigenvalue weighted by Crippen LogP contribution is 2.23. The molecule has 0 saturated carbocycles. The molecule has 2 amide bonds. The Bertz CT molecular complexity index is 1150. The predicted octanol–water partition coefficient (Wildman–Crippen LogP) is 4.38. The lowest BCUT2D eigenvalue weighted by Gasteiger charge is -2.10. The van der Waals surface area contributed by atoms with Gasteiger partial charge < -0.3 is 15.4 Å². The molecule has 0 radical (unpaired) electrons. The summed E-state index contributed by atoms with van der Waals surface area (Å²) >= 11 is 0. The number of ether oxygens (including phenoxy) is 1. The molecule has 150 valence electrons. The lowest BCUT2D eigenvalue weighted by atomic mass is 10.3. The van der Waals surface area contributed by atoms with E-state index < -0.39 is 23.4 Å². The van der Waals surface area contributed by atoms with Gasteiger partial charge in [-0.2, -0.15) is 5.10 Å². The van der Waals surface area contributed by atoms with Crippen LogP contribution in [0.15, 0.2) is 73.3 Å². The number of carbonyl (C=O) groups excluding carboxylic acids is 1. The van der Waals surface area contributed by atoms with Crippen molar-refractivity contribution < 1.29 is 18.3 Å². The minimum atomic E-state index is -0.867. The number of urea groups is 1. The van der Waals surface area contributed by atoms with E-state index in [1.807, 2.05) is 0 Å². The van der Waals surface area contributed by atoms with Gasteiger partial charge in [-0.05, 0) is 42.5 Å². The molecule has 2 heterocycles. The first-order chi connectivity index (χ1) is 14.6. The first-order valence-electron chi connectivity index (χ1n) is 8.70. The van der Waals surface area contributed by atoms with E-state index in [4.69, 9.17) is 4.74 Å². The Morgan fingerprint density at radius 3 is 2.43 bits per heavy atom. The monoisotopic (exact) mass is 408 g/mol. The van der Waals surface area contributed by atoms with Crippen LogP contribution in [-0.4, -0.2) is 25.8 Å². The number of hydrogen-bond donors (Lipinski definition) is 2. The molecule has 2 aromatic heterocycles. The van der Waals surface area contributed by atoms with Crippen molar-refractivity contribution in [3.05, 3.63) is 85.0 Å². The van der Waals surface area contributed by atoms with Crippen molar-refractivity contribution in [2.75, 3.05) is 10.6 Å². The van der Waals surface area contributed by atoms with Crippen LogP contribution in [0.3, 0.4) is 0 Å². The quantitative estimate of drug-likeness (QED) is 0.511. The van der Waals surface area contributed by atoms with Crippen LogP contribution in [0, 0.1) is 11.6 Å². The van der Waals surface area contributed by atoms with Gasteiger partial charge in [-0.3, -0.25) is 0 Å². The molecule has 0 aliphatic heterocycles. The summed E-state index contributed by atoms with van der Waals surface area (Å²) in [5, 5.41) is 8.72. The van der Waals surface area contributed by atoms with Crippen LogP contribution < -0.4 is 15.4 Å². The van der Waals surface area contributed by atoms with Crippen molar-refractivity contribution in [3.63, 3.8) is 0 Å². The first kappa shape index (κ1) is 19.0. The Morgan fingerprint density at radius 2 is 1.73 bits per heavy atom. The van der Waals surface area contributed by atoms with E-state index in [2.05, 4.69) is 25.7 Å². The van der Waals surface area contributed by atoms with Crippen molar-refractivity contribution in [1.29, 1.82) is 0 Å². The molecule has 0 atom stereocenters. The van der Waals surface area contributed by atoms with Gasteiger partial charge in [-0.25, -0.2) is 28.2 Å². The Hall–Kier alpha value is -4.34. The number of hydrogen-bond acceptors (Lipinski definition) is 5. The second kappa shape index (κ2) is 8.35. The van der Waals surface area contributed by atoms with Crippen LogP contribution >= 0.6 is 0 Å². The van der Waals surface area contributed by atoms with Gasteiger partial charge in [0.05, 0.1) is 0 Å². The van der Waals surface area contributed by atoms with Gasteiger partial charge in [0, 0.05) is 24.1 Å². The number of rotatable bonds is 5. The fourth-order valence-electron chi connectivity index (χ4n) is 2.54. The smallest absolute Gasteiger partial charge is 0.323 e. The maximum Gasteiger partial charge on any atom is 0.323 e. The number of para-hydroxylation sites is 1. The normalized spacial score (nSPS) is 10.5. The van der Waals surface area contributed by atoms with Gasteiger partial charge >= 0.3 is 6.03 Å². The molecular weight excluding hydrogens is 394 g/mol. The molecule has 0 spiro atoms.